The van der Waals surface area contributed by atoms with Gasteiger partial charge >= 0.3 is 0 Å². The van der Waals surface area contributed by atoms with Gasteiger partial charge in [-0.2, -0.15) is 4.98 Å². The molecule has 3 aromatic rings. The molecule has 0 spiro atoms. The minimum absolute atomic E-state index is 0.0699. The van der Waals surface area contributed by atoms with Crippen LogP contribution in [0.3, 0.4) is 0 Å². The molecule has 4 rings (SSSR count). The van der Waals surface area contributed by atoms with E-state index in [0.717, 1.165) is 11.8 Å². The van der Waals surface area contributed by atoms with Crippen LogP contribution in [0.2, 0.25) is 0 Å². The van der Waals surface area contributed by atoms with Crippen LogP contribution < -0.4 is 20.7 Å². The monoisotopic (exact) mass is 395 g/mol. The maximum absolute atomic E-state index is 14.2. The largest absolute Gasteiger partial charge is 0.508 e. The van der Waals surface area contributed by atoms with E-state index in [-0.39, 0.29) is 23.4 Å². The Hall–Kier alpha value is -3.88. The molecule has 2 heterocycles. The van der Waals surface area contributed by atoms with Gasteiger partial charge < -0.3 is 25.8 Å². The second kappa shape index (κ2) is 7.27. The summed E-state index contributed by atoms with van der Waals surface area (Å²) in [5.41, 5.74) is 2.87. The molecule has 0 aliphatic carbocycles. The Morgan fingerprint density at radius 3 is 2.76 bits per heavy atom. The Bertz CT molecular complexity index is 1120. The number of benzene rings is 2. The zero-order valence-electron chi connectivity index (χ0n) is 15.7. The summed E-state index contributed by atoms with van der Waals surface area (Å²) in [6.07, 6.45) is 1.02. The van der Waals surface area contributed by atoms with Crippen molar-refractivity contribution < 1.29 is 19.0 Å². The molecule has 0 fully saturated rings. The Labute approximate surface area is 165 Å². The first kappa shape index (κ1) is 18.5. The normalized spacial score (nSPS) is 11.7. The van der Waals surface area contributed by atoms with Gasteiger partial charge in [0.2, 0.25) is 5.95 Å². The number of hydrogen-bond acceptors (Lipinski definition) is 7. The summed E-state index contributed by atoms with van der Waals surface area (Å²) in [5, 5.41) is 18.2. The van der Waals surface area contributed by atoms with Crippen molar-refractivity contribution in [3.8, 4) is 11.5 Å². The second-order valence-corrected chi connectivity index (χ2v) is 6.47. The quantitative estimate of drug-likeness (QED) is 0.524. The number of aromatic hydroxyl groups is 1. The van der Waals surface area contributed by atoms with E-state index in [4.69, 9.17) is 4.74 Å². The number of phenolic OH excluding ortho intramolecular Hbond substituents is 1. The number of halogens is 1. The fourth-order valence-electron chi connectivity index (χ4n) is 2.92. The SMILES string of the molecule is CNC(=O)c1c(Nc2ncc(F)c(Nc3ccc(C)c(O)c3)n2)ccc2c1CO2. The zero-order valence-corrected chi connectivity index (χ0v) is 15.7. The number of ether oxygens (including phenoxy) is 1. The molecule has 8 nitrogen and oxygen atoms in total. The van der Waals surface area contributed by atoms with E-state index in [9.17, 15) is 14.3 Å². The van der Waals surface area contributed by atoms with Crippen molar-refractivity contribution in [1.29, 1.82) is 0 Å². The number of nitrogens with zero attached hydrogens (tertiary/aromatic N) is 2. The number of phenols is 1. The highest BCUT2D eigenvalue weighted by atomic mass is 19.1. The van der Waals surface area contributed by atoms with Crippen LogP contribution in [-0.4, -0.2) is 28.0 Å². The van der Waals surface area contributed by atoms with E-state index in [1.807, 2.05) is 0 Å². The summed E-state index contributed by atoms with van der Waals surface area (Å²) in [7, 11) is 1.54. The lowest BCUT2D eigenvalue weighted by atomic mass is 10.0. The van der Waals surface area contributed by atoms with Gasteiger partial charge in [-0.3, -0.25) is 4.79 Å². The minimum Gasteiger partial charge on any atom is -0.508 e. The van der Waals surface area contributed by atoms with E-state index in [1.54, 1.807) is 38.2 Å². The molecule has 0 unspecified atom stereocenters. The molecular weight excluding hydrogens is 377 g/mol. The molecule has 0 atom stereocenters. The van der Waals surface area contributed by atoms with Gasteiger partial charge in [-0.05, 0) is 30.7 Å². The number of nitrogens with one attached hydrogen (secondary N) is 3. The molecule has 0 saturated heterocycles. The number of amides is 1. The van der Waals surface area contributed by atoms with Crippen LogP contribution in [-0.2, 0) is 6.61 Å². The van der Waals surface area contributed by atoms with Crippen molar-refractivity contribution >= 4 is 29.0 Å². The van der Waals surface area contributed by atoms with E-state index in [1.165, 1.54) is 6.07 Å². The average molecular weight is 395 g/mol. The fourth-order valence-corrected chi connectivity index (χ4v) is 2.92. The smallest absolute Gasteiger partial charge is 0.253 e. The summed E-state index contributed by atoms with van der Waals surface area (Å²) < 4.78 is 19.5. The minimum atomic E-state index is -0.660. The van der Waals surface area contributed by atoms with Gasteiger partial charge in [0, 0.05) is 24.4 Å². The lowest BCUT2D eigenvalue weighted by Crippen LogP contribution is -2.25. The number of carbonyl (C=O) groups excluding carboxylic acids is 1. The number of fused-ring (bicyclic) bond motifs is 1. The van der Waals surface area contributed by atoms with Crippen molar-refractivity contribution in [2.24, 2.45) is 0 Å². The fraction of sp³-hybridized carbons (Fsp3) is 0.150. The molecule has 0 radical (unpaired) electrons. The number of anilines is 4. The van der Waals surface area contributed by atoms with Gasteiger partial charge in [0.1, 0.15) is 18.1 Å². The molecular formula is C20H18FN5O3. The highest BCUT2D eigenvalue weighted by Gasteiger charge is 2.26. The molecule has 148 valence electrons. The molecule has 1 aromatic heterocycles. The summed E-state index contributed by atoms with van der Waals surface area (Å²) in [5.74, 6) is -0.163. The number of aromatic nitrogens is 2. The van der Waals surface area contributed by atoms with Gasteiger partial charge in [0.05, 0.1) is 17.4 Å². The summed E-state index contributed by atoms with van der Waals surface area (Å²) in [4.78, 5) is 20.4. The van der Waals surface area contributed by atoms with E-state index < -0.39 is 5.82 Å². The van der Waals surface area contributed by atoms with E-state index >= 15 is 0 Å². The average Bonchev–Trinajstić information content (AvgIpc) is 2.68. The Kier molecular flexibility index (Phi) is 4.63. The number of carbonyl (C=O) groups is 1. The predicted molar refractivity (Wildman–Crippen MR) is 106 cm³/mol. The molecule has 1 aliphatic heterocycles. The van der Waals surface area contributed by atoms with Crippen molar-refractivity contribution in [3.05, 3.63) is 59.0 Å². The molecule has 0 saturated carbocycles. The van der Waals surface area contributed by atoms with Crippen LogP contribution >= 0.6 is 0 Å². The number of rotatable bonds is 5. The summed E-state index contributed by atoms with van der Waals surface area (Å²) in [6, 6.07) is 8.30. The van der Waals surface area contributed by atoms with Crippen LogP contribution in [0.1, 0.15) is 21.5 Å². The third-order valence-electron chi connectivity index (χ3n) is 4.56. The lowest BCUT2D eigenvalue weighted by molar-refractivity contribution is 0.0957. The first-order valence-electron chi connectivity index (χ1n) is 8.83. The molecule has 1 aliphatic rings. The molecule has 4 N–H and O–H groups in total. The summed E-state index contributed by atoms with van der Waals surface area (Å²) in [6.45, 7) is 2.09. The first-order valence-corrected chi connectivity index (χ1v) is 8.83. The van der Waals surface area contributed by atoms with Crippen LogP contribution in [0.5, 0.6) is 11.5 Å². The molecule has 29 heavy (non-hydrogen) atoms. The van der Waals surface area contributed by atoms with Crippen LogP contribution in [0.15, 0.2) is 36.5 Å². The highest BCUT2D eigenvalue weighted by molar-refractivity contribution is 6.02. The Balaban J connectivity index is 1.64. The van der Waals surface area contributed by atoms with Gasteiger partial charge in [-0.15, -0.1) is 0 Å². The zero-order chi connectivity index (χ0) is 20.5. The van der Waals surface area contributed by atoms with Crippen LogP contribution in [0, 0.1) is 12.7 Å². The molecule has 9 heteroatoms. The molecule has 0 bridgehead atoms. The number of aryl methyl sites for hydroxylation is 1. The predicted octanol–water partition coefficient (Wildman–Crippen LogP) is 3.37. The highest BCUT2D eigenvalue weighted by Crippen LogP contribution is 2.37. The van der Waals surface area contributed by atoms with Gasteiger partial charge in [-0.25, -0.2) is 9.37 Å². The lowest BCUT2D eigenvalue weighted by Gasteiger charge is -2.25. The van der Waals surface area contributed by atoms with Gasteiger partial charge in [0.15, 0.2) is 11.6 Å². The maximum atomic E-state index is 14.2. The van der Waals surface area contributed by atoms with Crippen molar-refractivity contribution in [2.75, 3.05) is 17.7 Å². The first-order chi connectivity index (χ1) is 14.0. The van der Waals surface area contributed by atoms with Crippen LogP contribution in [0.25, 0.3) is 0 Å². The van der Waals surface area contributed by atoms with Gasteiger partial charge in [0.25, 0.3) is 5.91 Å². The van der Waals surface area contributed by atoms with Gasteiger partial charge in [-0.1, -0.05) is 6.07 Å². The van der Waals surface area contributed by atoms with Crippen LogP contribution in [0.4, 0.5) is 27.5 Å². The van der Waals surface area contributed by atoms with Crippen molar-refractivity contribution in [1.82, 2.24) is 15.3 Å². The Morgan fingerprint density at radius 2 is 2.07 bits per heavy atom. The Morgan fingerprint density at radius 1 is 1.24 bits per heavy atom. The second-order valence-electron chi connectivity index (χ2n) is 6.47. The maximum Gasteiger partial charge on any atom is 0.253 e. The van der Waals surface area contributed by atoms with E-state index in [0.29, 0.717) is 34.9 Å². The van der Waals surface area contributed by atoms with E-state index in [2.05, 4.69) is 25.9 Å². The standard InChI is InChI=1S/C20H18FN5O3/c1-10-3-4-11(7-15(10)27)24-18-13(21)8-23-20(26-18)25-14-5-6-16-12(9-29-16)17(14)19(28)22-2/h3-8,27H,9H2,1-2H3,(H,22,28)(H2,23,24,25,26). The van der Waals surface area contributed by atoms with Crippen molar-refractivity contribution in [2.45, 2.75) is 13.5 Å². The molecule has 1 amide bonds. The van der Waals surface area contributed by atoms with Crippen molar-refractivity contribution in [3.63, 3.8) is 0 Å². The third-order valence-corrected chi connectivity index (χ3v) is 4.56. The number of hydrogen-bond donors (Lipinski definition) is 4. The molecule has 2 aromatic carbocycles. The topological polar surface area (TPSA) is 108 Å². The summed E-state index contributed by atoms with van der Waals surface area (Å²) >= 11 is 0. The third kappa shape index (κ3) is 3.49.